The van der Waals surface area contributed by atoms with Crippen LogP contribution in [-0.2, 0) is 0 Å². The van der Waals surface area contributed by atoms with Crippen LogP contribution in [0.3, 0.4) is 0 Å². The lowest BCUT2D eigenvalue weighted by Crippen LogP contribution is -2.25. The summed E-state index contributed by atoms with van der Waals surface area (Å²) >= 11 is 5.81. The molecule has 6 heteroatoms. The number of hydrogen-bond acceptors (Lipinski definition) is 4. The van der Waals surface area contributed by atoms with Crippen molar-refractivity contribution in [3.05, 3.63) is 53.5 Å². The number of halogens is 1. The summed E-state index contributed by atoms with van der Waals surface area (Å²) in [6, 6.07) is 7.55. The van der Waals surface area contributed by atoms with E-state index in [0.29, 0.717) is 17.4 Å². The minimum atomic E-state index is -0.0362. The highest BCUT2D eigenvalue weighted by Gasteiger charge is 2.23. The van der Waals surface area contributed by atoms with Crippen molar-refractivity contribution in [3.63, 3.8) is 0 Å². The lowest BCUT2D eigenvalue weighted by Gasteiger charge is -2.09. The number of nitrogens with zero attached hydrogens (tertiary/aromatic N) is 2. The summed E-state index contributed by atoms with van der Waals surface area (Å²) in [6.45, 7) is 3.72. The molecule has 2 N–H and O–H groups in total. The van der Waals surface area contributed by atoms with Gasteiger partial charge in [-0.25, -0.2) is 4.98 Å². The van der Waals surface area contributed by atoms with E-state index in [2.05, 4.69) is 27.2 Å². The van der Waals surface area contributed by atoms with Gasteiger partial charge in [0.1, 0.15) is 5.82 Å². The Bertz CT molecular complexity index is 711. The molecule has 0 unspecified atom stereocenters. The number of aromatic nitrogens is 2. The van der Waals surface area contributed by atoms with Gasteiger partial charge >= 0.3 is 0 Å². The van der Waals surface area contributed by atoms with Gasteiger partial charge in [-0.3, -0.25) is 4.79 Å². The molecule has 1 aromatic heterocycles. The second-order valence-electron chi connectivity index (χ2n) is 5.10. The van der Waals surface area contributed by atoms with Crippen LogP contribution in [0.15, 0.2) is 37.0 Å². The van der Waals surface area contributed by atoms with Crippen LogP contribution in [-0.4, -0.2) is 21.9 Å². The second kappa shape index (κ2) is 6.15. The number of benzene rings is 1. The molecule has 1 amide bonds. The summed E-state index contributed by atoms with van der Waals surface area (Å²) in [6.07, 6.45) is 5.40. The molecule has 112 valence electrons. The number of nitrogens with one attached hydrogen (secondary N) is 2. The SMILES string of the molecule is C=Cc1cnc(Cl)nc1Nc1ccc(C(=O)NC2CC2)cc1. The van der Waals surface area contributed by atoms with Crippen molar-refractivity contribution in [2.45, 2.75) is 18.9 Å². The van der Waals surface area contributed by atoms with Crippen LogP contribution in [0, 0.1) is 0 Å². The smallest absolute Gasteiger partial charge is 0.251 e. The van der Waals surface area contributed by atoms with Crippen molar-refractivity contribution in [1.29, 1.82) is 0 Å². The first-order valence-electron chi connectivity index (χ1n) is 6.98. The third kappa shape index (κ3) is 3.43. The number of rotatable bonds is 5. The molecule has 1 aliphatic rings. The van der Waals surface area contributed by atoms with E-state index < -0.39 is 0 Å². The molecule has 5 nitrogen and oxygen atoms in total. The Hall–Kier alpha value is -2.40. The largest absolute Gasteiger partial charge is 0.349 e. The molecule has 3 rings (SSSR count). The van der Waals surface area contributed by atoms with Crippen LogP contribution in [0.5, 0.6) is 0 Å². The van der Waals surface area contributed by atoms with Gasteiger partial charge in [0.05, 0.1) is 0 Å². The Labute approximate surface area is 133 Å². The van der Waals surface area contributed by atoms with Crippen molar-refractivity contribution in [3.8, 4) is 0 Å². The first-order chi connectivity index (χ1) is 10.7. The highest BCUT2D eigenvalue weighted by molar-refractivity contribution is 6.28. The van der Waals surface area contributed by atoms with Crippen LogP contribution in [0.1, 0.15) is 28.8 Å². The Balaban J connectivity index is 1.74. The van der Waals surface area contributed by atoms with Gasteiger partial charge in [-0.15, -0.1) is 0 Å². The van der Waals surface area contributed by atoms with E-state index in [1.54, 1.807) is 24.4 Å². The molecule has 1 aromatic carbocycles. The van der Waals surface area contributed by atoms with E-state index in [9.17, 15) is 4.79 Å². The zero-order valence-corrected chi connectivity index (χ0v) is 12.6. The fourth-order valence-electron chi connectivity index (χ4n) is 1.96. The maximum absolute atomic E-state index is 11.9. The second-order valence-corrected chi connectivity index (χ2v) is 5.44. The summed E-state index contributed by atoms with van der Waals surface area (Å²) in [5.74, 6) is 0.538. The predicted octanol–water partition coefficient (Wildman–Crippen LogP) is 3.41. The average molecular weight is 315 g/mol. The first-order valence-corrected chi connectivity index (χ1v) is 7.36. The van der Waals surface area contributed by atoms with Crippen molar-refractivity contribution < 1.29 is 4.79 Å². The van der Waals surface area contributed by atoms with Crippen molar-refractivity contribution in [2.75, 3.05) is 5.32 Å². The Morgan fingerprint density at radius 1 is 1.32 bits per heavy atom. The molecule has 1 heterocycles. The molecule has 22 heavy (non-hydrogen) atoms. The van der Waals surface area contributed by atoms with Crippen LogP contribution < -0.4 is 10.6 Å². The number of hydrogen-bond donors (Lipinski definition) is 2. The molecule has 0 atom stereocenters. The summed E-state index contributed by atoms with van der Waals surface area (Å²) in [7, 11) is 0. The number of carbonyl (C=O) groups is 1. The third-order valence-corrected chi connectivity index (χ3v) is 3.51. The summed E-state index contributed by atoms with van der Waals surface area (Å²) in [5.41, 5.74) is 2.20. The molecule has 0 aliphatic heterocycles. The number of amides is 1. The molecule has 0 bridgehead atoms. The van der Waals surface area contributed by atoms with Crippen molar-refractivity contribution in [1.82, 2.24) is 15.3 Å². The topological polar surface area (TPSA) is 66.9 Å². The van der Waals surface area contributed by atoms with E-state index in [0.717, 1.165) is 24.1 Å². The Morgan fingerprint density at radius 2 is 2.05 bits per heavy atom. The van der Waals surface area contributed by atoms with E-state index in [4.69, 9.17) is 11.6 Å². The van der Waals surface area contributed by atoms with E-state index in [1.807, 2.05) is 12.1 Å². The first kappa shape index (κ1) is 14.5. The summed E-state index contributed by atoms with van der Waals surface area (Å²) in [4.78, 5) is 20.0. The highest BCUT2D eigenvalue weighted by Crippen LogP contribution is 2.22. The minimum absolute atomic E-state index is 0.0362. The minimum Gasteiger partial charge on any atom is -0.349 e. The van der Waals surface area contributed by atoms with Crippen LogP contribution in [0.2, 0.25) is 5.28 Å². The lowest BCUT2D eigenvalue weighted by atomic mass is 10.2. The standard InChI is InChI=1S/C16H15ClN4O/c1-2-10-9-18-16(17)21-14(10)19-12-5-3-11(4-6-12)15(22)20-13-7-8-13/h2-6,9,13H,1,7-8H2,(H,20,22)(H,18,19,21). The molecular formula is C16H15ClN4O. The van der Waals surface area contributed by atoms with Crippen molar-refractivity contribution in [2.24, 2.45) is 0 Å². The predicted molar refractivity (Wildman–Crippen MR) is 87.3 cm³/mol. The van der Waals surface area contributed by atoms with Gasteiger partial charge in [-0.1, -0.05) is 12.7 Å². The van der Waals surface area contributed by atoms with E-state index in [-0.39, 0.29) is 11.2 Å². The quantitative estimate of drug-likeness (QED) is 0.830. The molecule has 2 aromatic rings. The lowest BCUT2D eigenvalue weighted by molar-refractivity contribution is 0.0951. The van der Waals surface area contributed by atoms with Gasteiger partial charge in [0.2, 0.25) is 5.28 Å². The van der Waals surface area contributed by atoms with E-state index in [1.165, 1.54) is 0 Å². The van der Waals surface area contributed by atoms with Gasteiger partial charge in [0.15, 0.2) is 0 Å². The fraction of sp³-hybridized carbons (Fsp3) is 0.188. The average Bonchev–Trinajstić information content (AvgIpc) is 3.32. The molecule has 1 saturated carbocycles. The molecule has 0 spiro atoms. The molecular weight excluding hydrogens is 300 g/mol. The van der Waals surface area contributed by atoms with Gasteiger partial charge < -0.3 is 10.6 Å². The van der Waals surface area contributed by atoms with Gasteiger partial charge in [-0.05, 0) is 48.7 Å². The highest BCUT2D eigenvalue weighted by atomic mass is 35.5. The molecule has 1 aliphatic carbocycles. The maximum atomic E-state index is 11.9. The maximum Gasteiger partial charge on any atom is 0.251 e. The van der Waals surface area contributed by atoms with Crippen LogP contribution in [0.25, 0.3) is 6.08 Å². The van der Waals surface area contributed by atoms with Crippen LogP contribution in [0.4, 0.5) is 11.5 Å². The monoisotopic (exact) mass is 314 g/mol. The number of anilines is 2. The zero-order valence-electron chi connectivity index (χ0n) is 11.8. The molecule has 0 radical (unpaired) electrons. The van der Waals surface area contributed by atoms with Gasteiger partial charge in [-0.2, -0.15) is 4.98 Å². The summed E-state index contributed by atoms with van der Waals surface area (Å²) in [5, 5.41) is 6.26. The normalized spacial score (nSPS) is 13.5. The Kier molecular flexibility index (Phi) is 4.06. The van der Waals surface area contributed by atoms with Crippen molar-refractivity contribution >= 4 is 35.1 Å². The Morgan fingerprint density at radius 3 is 2.68 bits per heavy atom. The van der Waals surface area contributed by atoms with E-state index >= 15 is 0 Å². The van der Waals surface area contributed by atoms with Gasteiger partial charge in [0, 0.05) is 29.1 Å². The zero-order chi connectivity index (χ0) is 15.5. The van der Waals surface area contributed by atoms with Gasteiger partial charge in [0.25, 0.3) is 5.91 Å². The molecule has 1 fully saturated rings. The summed E-state index contributed by atoms with van der Waals surface area (Å²) < 4.78 is 0. The van der Waals surface area contributed by atoms with Crippen LogP contribution >= 0.6 is 11.6 Å². The number of carbonyl (C=O) groups excluding carboxylic acids is 1. The third-order valence-electron chi connectivity index (χ3n) is 3.33. The fourth-order valence-corrected chi connectivity index (χ4v) is 2.09. The molecule has 0 saturated heterocycles.